The van der Waals surface area contributed by atoms with Gasteiger partial charge in [0.15, 0.2) is 0 Å². The predicted octanol–water partition coefficient (Wildman–Crippen LogP) is 3.38. The van der Waals surface area contributed by atoms with Gasteiger partial charge in [0.1, 0.15) is 5.82 Å². The van der Waals surface area contributed by atoms with E-state index in [-0.39, 0.29) is 18.2 Å². The monoisotopic (exact) mass is 231 g/mol. The van der Waals surface area contributed by atoms with Gasteiger partial charge in [-0.3, -0.25) is 0 Å². The van der Waals surface area contributed by atoms with Gasteiger partial charge in [-0.1, -0.05) is 32.0 Å². The molecule has 0 bridgehead atoms. The van der Waals surface area contributed by atoms with Gasteiger partial charge in [0.25, 0.3) is 0 Å². The van der Waals surface area contributed by atoms with Crippen molar-refractivity contribution in [2.24, 2.45) is 5.92 Å². The summed E-state index contributed by atoms with van der Waals surface area (Å²) in [5.41, 5.74) is 0.747. The van der Waals surface area contributed by atoms with Crippen LogP contribution in [0.3, 0.4) is 0 Å². The number of benzene rings is 1. The fourth-order valence-corrected chi connectivity index (χ4v) is 1.26. The highest BCUT2D eigenvalue weighted by Gasteiger charge is 1.99. The molecular formula is C12H19ClFN. The molecular weight excluding hydrogens is 213 g/mol. The van der Waals surface area contributed by atoms with Crippen molar-refractivity contribution < 1.29 is 4.39 Å². The van der Waals surface area contributed by atoms with Gasteiger partial charge in [-0.05, 0) is 24.9 Å². The molecule has 0 saturated carbocycles. The molecule has 0 aliphatic rings. The summed E-state index contributed by atoms with van der Waals surface area (Å²) < 4.78 is 13.1. The van der Waals surface area contributed by atoms with E-state index in [1.54, 1.807) is 6.07 Å². The standard InChI is InChI=1S/C12H18FN.ClH/c1-10(2)7-8-14-9-11-5-3-4-6-12(11)13;/h3-6,10,14H,7-9H2,1-2H3;1H. The first-order chi connectivity index (χ1) is 6.70. The van der Waals surface area contributed by atoms with E-state index in [9.17, 15) is 4.39 Å². The average Bonchev–Trinajstić information content (AvgIpc) is 2.15. The normalized spacial score (nSPS) is 10.1. The summed E-state index contributed by atoms with van der Waals surface area (Å²) in [4.78, 5) is 0. The molecule has 0 unspecified atom stereocenters. The molecule has 1 aromatic carbocycles. The largest absolute Gasteiger partial charge is 0.313 e. The average molecular weight is 232 g/mol. The summed E-state index contributed by atoms with van der Waals surface area (Å²) in [6.07, 6.45) is 1.13. The first-order valence-corrected chi connectivity index (χ1v) is 5.14. The Bertz CT molecular complexity index is 276. The Morgan fingerprint density at radius 2 is 1.93 bits per heavy atom. The van der Waals surface area contributed by atoms with E-state index in [0.29, 0.717) is 12.5 Å². The molecule has 0 radical (unpaired) electrons. The number of nitrogens with one attached hydrogen (secondary N) is 1. The Morgan fingerprint density at radius 1 is 1.27 bits per heavy atom. The first kappa shape index (κ1) is 14.4. The highest BCUT2D eigenvalue weighted by molar-refractivity contribution is 5.85. The van der Waals surface area contributed by atoms with E-state index in [4.69, 9.17) is 0 Å². The quantitative estimate of drug-likeness (QED) is 0.767. The zero-order valence-electron chi connectivity index (χ0n) is 9.29. The maximum absolute atomic E-state index is 13.1. The van der Waals surface area contributed by atoms with E-state index < -0.39 is 0 Å². The number of hydrogen-bond acceptors (Lipinski definition) is 1. The van der Waals surface area contributed by atoms with Crippen molar-refractivity contribution >= 4 is 12.4 Å². The van der Waals surface area contributed by atoms with Gasteiger partial charge in [-0.15, -0.1) is 12.4 Å². The zero-order valence-corrected chi connectivity index (χ0v) is 10.1. The molecule has 0 amide bonds. The summed E-state index contributed by atoms with van der Waals surface area (Å²) in [5.74, 6) is 0.577. The number of hydrogen-bond donors (Lipinski definition) is 1. The van der Waals surface area contributed by atoms with Gasteiger partial charge in [0.05, 0.1) is 0 Å². The van der Waals surface area contributed by atoms with E-state index in [1.165, 1.54) is 6.07 Å². The summed E-state index contributed by atoms with van der Waals surface area (Å²) in [7, 11) is 0. The summed E-state index contributed by atoms with van der Waals surface area (Å²) in [6.45, 7) is 5.95. The lowest BCUT2D eigenvalue weighted by Gasteiger charge is -2.07. The van der Waals surface area contributed by atoms with Crippen molar-refractivity contribution in [2.75, 3.05) is 6.54 Å². The molecule has 15 heavy (non-hydrogen) atoms. The van der Waals surface area contributed by atoms with Crippen molar-refractivity contribution in [1.29, 1.82) is 0 Å². The van der Waals surface area contributed by atoms with Crippen LogP contribution >= 0.6 is 12.4 Å². The zero-order chi connectivity index (χ0) is 10.4. The summed E-state index contributed by atoms with van der Waals surface area (Å²) in [6, 6.07) is 6.90. The number of halogens is 2. The minimum Gasteiger partial charge on any atom is -0.313 e. The molecule has 0 saturated heterocycles. The van der Waals surface area contributed by atoms with Gasteiger partial charge in [-0.2, -0.15) is 0 Å². The summed E-state index contributed by atoms with van der Waals surface area (Å²) in [5, 5.41) is 3.23. The third-order valence-corrected chi connectivity index (χ3v) is 2.17. The molecule has 0 aromatic heterocycles. The maximum Gasteiger partial charge on any atom is 0.127 e. The van der Waals surface area contributed by atoms with Crippen molar-refractivity contribution in [3.63, 3.8) is 0 Å². The van der Waals surface area contributed by atoms with Crippen LogP contribution in [0.25, 0.3) is 0 Å². The number of rotatable bonds is 5. The molecule has 1 aromatic rings. The fraction of sp³-hybridized carbons (Fsp3) is 0.500. The predicted molar refractivity (Wildman–Crippen MR) is 64.8 cm³/mol. The Labute approximate surface area is 97.5 Å². The molecule has 0 aliphatic carbocycles. The minimum atomic E-state index is -0.121. The molecule has 0 heterocycles. The van der Waals surface area contributed by atoms with E-state index in [1.807, 2.05) is 12.1 Å². The lowest BCUT2D eigenvalue weighted by atomic mass is 10.1. The molecule has 1 rings (SSSR count). The molecule has 1 N–H and O–H groups in total. The van der Waals surface area contributed by atoms with Gasteiger partial charge >= 0.3 is 0 Å². The second kappa shape index (κ2) is 7.66. The molecule has 0 fully saturated rings. The second-order valence-corrected chi connectivity index (χ2v) is 3.95. The van der Waals surface area contributed by atoms with E-state index in [0.717, 1.165) is 18.5 Å². The maximum atomic E-state index is 13.1. The molecule has 0 spiro atoms. The second-order valence-electron chi connectivity index (χ2n) is 3.95. The lowest BCUT2D eigenvalue weighted by molar-refractivity contribution is 0.527. The van der Waals surface area contributed by atoms with Crippen molar-refractivity contribution in [1.82, 2.24) is 5.32 Å². The lowest BCUT2D eigenvalue weighted by Crippen LogP contribution is -2.16. The topological polar surface area (TPSA) is 12.0 Å². The SMILES string of the molecule is CC(C)CCNCc1ccccc1F.Cl. The smallest absolute Gasteiger partial charge is 0.127 e. The molecule has 0 aliphatic heterocycles. The van der Waals surface area contributed by atoms with Crippen LogP contribution in [0.5, 0.6) is 0 Å². The van der Waals surface area contributed by atoms with E-state index >= 15 is 0 Å². The molecule has 1 nitrogen and oxygen atoms in total. The highest BCUT2D eigenvalue weighted by atomic mass is 35.5. The Kier molecular flexibility index (Phi) is 7.35. The van der Waals surface area contributed by atoms with Crippen LogP contribution in [0.1, 0.15) is 25.8 Å². The molecule has 86 valence electrons. The van der Waals surface area contributed by atoms with Gasteiger partial charge in [-0.25, -0.2) is 4.39 Å². The fourth-order valence-electron chi connectivity index (χ4n) is 1.26. The van der Waals surface area contributed by atoms with Gasteiger partial charge in [0, 0.05) is 12.1 Å². The van der Waals surface area contributed by atoms with Crippen LogP contribution in [-0.4, -0.2) is 6.54 Å². The van der Waals surface area contributed by atoms with Crippen LogP contribution in [0.2, 0.25) is 0 Å². The third-order valence-electron chi connectivity index (χ3n) is 2.17. The van der Waals surface area contributed by atoms with Crippen LogP contribution in [0.4, 0.5) is 4.39 Å². The van der Waals surface area contributed by atoms with Crippen molar-refractivity contribution in [3.8, 4) is 0 Å². The van der Waals surface area contributed by atoms with E-state index in [2.05, 4.69) is 19.2 Å². The molecule has 0 atom stereocenters. The van der Waals surface area contributed by atoms with Gasteiger partial charge in [0.2, 0.25) is 0 Å². The Morgan fingerprint density at radius 3 is 2.53 bits per heavy atom. The van der Waals surface area contributed by atoms with Crippen molar-refractivity contribution in [2.45, 2.75) is 26.8 Å². The van der Waals surface area contributed by atoms with Crippen molar-refractivity contribution in [3.05, 3.63) is 35.6 Å². The van der Waals surface area contributed by atoms with Crippen LogP contribution in [-0.2, 0) is 6.54 Å². The van der Waals surface area contributed by atoms with Crippen LogP contribution in [0.15, 0.2) is 24.3 Å². The Balaban J connectivity index is 0.00000196. The summed E-state index contributed by atoms with van der Waals surface area (Å²) >= 11 is 0. The minimum absolute atomic E-state index is 0. The third kappa shape index (κ3) is 5.75. The highest BCUT2D eigenvalue weighted by Crippen LogP contribution is 2.05. The van der Waals surface area contributed by atoms with Gasteiger partial charge < -0.3 is 5.32 Å². The van der Waals surface area contributed by atoms with Crippen LogP contribution < -0.4 is 5.32 Å². The Hall–Kier alpha value is -0.600. The molecule has 3 heteroatoms. The first-order valence-electron chi connectivity index (χ1n) is 5.14. The van der Waals surface area contributed by atoms with Crippen LogP contribution in [0, 0.1) is 11.7 Å².